The summed E-state index contributed by atoms with van der Waals surface area (Å²) < 4.78 is 20.1. The summed E-state index contributed by atoms with van der Waals surface area (Å²) in [4.78, 5) is 25.7. The van der Waals surface area contributed by atoms with Gasteiger partial charge in [0, 0.05) is 11.3 Å². The average Bonchev–Trinajstić information content (AvgIpc) is 3.34. The van der Waals surface area contributed by atoms with Crippen LogP contribution in [0.3, 0.4) is 0 Å². The van der Waals surface area contributed by atoms with Gasteiger partial charge in [0.1, 0.15) is 12.1 Å². The largest absolute Gasteiger partial charge is 0.444 e. The number of nitrogens with one attached hydrogen (secondary N) is 1. The van der Waals surface area contributed by atoms with Gasteiger partial charge < -0.3 is 10.1 Å². The second-order valence-electron chi connectivity index (χ2n) is 6.50. The van der Waals surface area contributed by atoms with E-state index in [4.69, 9.17) is 4.74 Å². The lowest BCUT2D eigenvalue weighted by Gasteiger charge is -2.18. The minimum atomic E-state index is -1.21. The molecule has 3 aromatic carbocycles. The monoisotopic (exact) mass is 417 g/mol. The summed E-state index contributed by atoms with van der Waals surface area (Å²) in [6.07, 6.45) is 0.184. The Morgan fingerprint density at radius 3 is 2.45 bits per heavy atom. The highest BCUT2D eigenvalue weighted by Crippen LogP contribution is 2.22. The Morgan fingerprint density at radius 1 is 0.968 bits per heavy atom. The third-order valence-electron chi connectivity index (χ3n) is 4.37. The van der Waals surface area contributed by atoms with Gasteiger partial charge in [0.2, 0.25) is 6.10 Å². The number of carbonyl (C=O) groups excluding carboxylic acids is 2. The molecule has 1 atom stereocenters. The van der Waals surface area contributed by atoms with E-state index in [1.165, 1.54) is 35.3 Å². The molecule has 0 saturated carbocycles. The van der Waals surface area contributed by atoms with Crippen molar-refractivity contribution in [2.75, 3.05) is 5.32 Å². The molecular formula is C22H16FN5O3. The van der Waals surface area contributed by atoms with Crippen molar-refractivity contribution >= 4 is 17.6 Å². The van der Waals surface area contributed by atoms with E-state index in [0.29, 0.717) is 16.9 Å². The lowest BCUT2D eigenvalue weighted by Crippen LogP contribution is -2.26. The highest BCUT2D eigenvalue weighted by atomic mass is 19.1. The van der Waals surface area contributed by atoms with Crippen molar-refractivity contribution in [1.82, 2.24) is 20.2 Å². The average molecular weight is 417 g/mol. The Labute approximate surface area is 176 Å². The van der Waals surface area contributed by atoms with E-state index in [-0.39, 0.29) is 5.56 Å². The van der Waals surface area contributed by atoms with Crippen LogP contribution in [-0.2, 0) is 9.53 Å². The summed E-state index contributed by atoms with van der Waals surface area (Å²) >= 11 is 0. The van der Waals surface area contributed by atoms with Gasteiger partial charge in [-0.1, -0.05) is 36.4 Å². The summed E-state index contributed by atoms with van der Waals surface area (Å²) in [5.74, 6) is -1.69. The maximum absolute atomic E-state index is 13.1. The second kappa shape index (κ2) is 8.95. The molecule has 1 heterocycles. The Kier molecular flexibility index (Phi) is 5.75. The number of tetrazole rings is 1. The summed E-state index contributed by atoms with van der Waals surface area (Å²) in [5.41, 5.74) is 1.66. The third-order valence-corrected chi connectivity index (χ3v) is 4.37. The van der Waals surface area contributed by atoms with Gasteiger partial charge in [-0.05, 0) is 52.9 Å². The molecular weight excluding hydrogens is 401 g/mol. The van der Waals surface area contributed by atoms with Crippen molar-refractivity contribution in [3.63, 3.8) is 0 Å². The number of hydrogen-bond donors (Lipinski definition) is 1. The number of rotatable bonds is 6. The topological polar surface area (TPSA) is 99.0 Å². The molecule has 0 aliphatic carbocycles. The lowest BCUT2D eigenvalue weighted by molar-refractivity contribution is -0.125. The number of aromatic nitrogens is 4. The fourth-order valence-electron chi connectivity index (χ4n) is 2.87. The predicted octanol–water partition coefficient (Wildman–Crippen LogP) is 3.34. The van der Waals surface area contributed by atoms with E-state index in [1.54, 1.807) is 54.6 Å². The van der Waals surface area contributed by atoms with Gasteiger partial charge in [-0.2, -0.15) is 0 Å². The highest BCUT2D eigenvalue weighted by Gasteiger charge is 2.26. The number of ether oxygens (including phenoxy) is 1. The zero-order valence-electron chi connectivity index (χ0n) is 16.1. The fraction of sp³-hybridized carbons (Fsp3) is 0.0455. The van der Waals surface area contributed by atoms with Crippen molar-refractivity contribution < 1.29 is 18.7 Å². The summed E-state index contributed by atoms with van der Waals surface area (Å²) in [5, 5.41) is 13.6. The van der Waals surface area contributed by atoms with Gasteiger partial charge in [0.15, 0.2) is 0 Å². The predicted molar refractivity (Wildman–Crippen MR) is 109 cm³/mol. The molecule has 31 heavy (non-hydrogen) atoms. The van der Waals surface area contributed by atoms with Crippen molar-refractivity contribution in [1.29, 1.82) is 0 Å². The molecule has 0 aliphatic rings. The molecule has 0 radical (unpaired) electrons. The molecule has 8 nitrogen and oxygen atoms in total. The fourth-order valence-corrected chi connectivity index (χ4v) is 2.87. The van der Waals surface area contributed by atoms with Gasteiger partial charge >= 0.3 is 5.97 Å². The molecule has 0 spiro atoms. The first-order chi connectivity index (χ1) is 15.1. The first kappa shape index (κ1) is 19.9. The van der Waals surface area contributed by atoms with Crippen molar-refractivity contribution in [3.05, 3.63) is 102 Å². The molecule has 154 valence electrons. The molecule has 1 amide bonds. The van der Waals surface area contributed by atoms with Crippen molar-refractivity contribution in [2.24, 2.45) is 0 Å². The number of nitrogens with zero attached hydrogens (tertiary/aromatic N) is 4. The van der Waals surface area contributed by atoms with Crippen LogP contribution in [0.1, 0.15) is 22.0 Å². The minimum Gasteiger partial charge on any atom is -0.444 e. The maximum atomic E-state index is 13.1. The summed E-state index contributed by atoms with van der Waals surface area (Å²) in [7, 11) is 0. The van der Waals surface area contributed by atoms with E-state index in [1.807, 2.05) is 0 Å². The molecule has 0 saturated heterocycles. The zero-order valence-corrected chi connectivity index (χ0v) is 16.1. The number of esters is 1. The van der Waals surface area contributed by atoms with Crippen molar-refractivity contribution in [2.45, 2.75) is 6.10 Å². The first-order valence-corrected chi connectivity index (χ1v) is 9.26. The van der Waals surface area contributed by atoms with Gasteiger partial charge in [-0.3, -0.25) is 4.79 Å². The quantitative estimate of drug-likeness (QED) is 0.483. The summed E-state index contributed by atoms with van der Waals surface area (Å²) in [6, 6.07) is 20.4. The standard InChI is InChI=1S/C22H16FN5O3/c23-17-9-11-18(12-10-17)25-21(29)20(15-5-2-1-3-6-15)31-22(30)16-7-4-8-19(13-16)28-14-24-26-27-28/h1-14,20H,(H,25,29). The smallest absolute Gasteiger partial charge is 0.339 e. The molecule has 0 fully saturated rings. The molecule has 4 aromatic rings. The maximum Gasteiger partial charge on any atom is 0.339 e. The Bertz CT molecular complexity index is 1180. The van der Waals surface area contributed by atoms with E-state index in [9.17, 15) is 14.0 Å². The number of halogens is 1. The number of amides is 1. The molecule has 9 heteroatoms. The van der Waals surface area contributed by atoms with Crippen molar-refractivity contribution in [3.8, 4) is 5.69 Å². The number of carbonyl (C=O) groups is 2. The number of hydrogen-bond acceptors (Lipinski definition) is 6. The van der Waals surface area contributed by atoms with Gasteiger partial charge in [-0.25, -0.2) is 13.9 Å². The van der Waals surface area contributed by atoms with Gasteiger partial charge in [-0.15, -0.1) is 5.10 Å². The van der Waals surface area contributed by atoms with Crippen LogP contribution in [-0.4, -0.2) is 32.1 Å². The van der Waals surface area contributed by atoms with Crippen LogP contribution < -0.4 is 5.32 Å². The number of benzene rings is 3. The second-order valence-corrected chi connectivity index (χ2v) is 6.50. The Balaban J connectivity index is 1.57. The first-order valence-electron chi connectivity index (χ1n) is 9.26. The van der Waals surface area contributed by atoms with E-state index in [0.717, 1.165) is 0 Å². The zero-order chi connectivity index (χ0) is 21.6. The van der Waals surface area contributed by atoms with Crippen LogP contribution in [0, 0.1) is 5.82 Å². The van der Waals surface area contributed by atoms with Crippen LogP contribution in [0.25, 0.3) is 5.69 Å². The lowest BCUT2D eigenvalue weighted by atomic mass is 10.1. The van der Waals surface area contributed by atoms with Gasteiger partial charge in [0.25, 0.3) is 5.91 Å². The van der Waals surface area contributed by atoms with Crippen LogP contribution in [0.4, 0.5) is 10.1 Å². The molecule has 1 aromatic heterocycles. The van der Waals surface area contributed by atoms with Crippen LogP contribution in [0.5, 0.6) is 0 Å². The minimum absolute atomic E-state index is 0.225. The molecule has 1 unspecified atom stereocenters. The van der Waals surface area contributed by atoms with E-state index in [2.05, 4.69) is 20.8 Å². The molecule has 1 N–H and O–H groups in total. The van der Waals surface area contributed by atoms with E-state index < -0.39 is 23.8 Å². The normalized spacial score (nSPS) is 11.5. The molecule has 4 rings (SSSR count). The third kappa shape index (κ3) is 4.78. The SMILES string of the molecule is O=C(OC(C(=O)Nc1ccc(F)cc1)c1ccccc1)c1cccc(-n2cnnn2)c1. The van der Waals surface area contributed by atoms with E-state index >= 15 is 0 Å². The van der Waals surface area contributed by atoms with Crippen LogP contribution in [0.2, 0.25) is 0 Å². The highest BCUT2D eigenvalue weighted by molar-refractivity contribution is 5.98. The molecule has 0 bridgehead atoms. The van der Waals surface area contributed by atoms with Crippen LogP contribution in [0.15, 0.2) is 85.2 Å². The number of anilines is 1. The Hall–Kier alpha value is -4.40. The van der Waals surface area contributed by atoms with Crippen LogP contribution >= 0.6 is 0 Å². The van der Waals surface area contributed by atoms with Gasteiger partial charge in [0.05, 0.1) is 11.3 Å². The molecule has 0 aliphatic heterocycles. The summed E-state index contributed by atoms with van der Waals surface area (Å²) in [6.45, 7) is 0. The Morgan fingerprint density at radius 2 is 1.74 bits per heavy atom.